The van der Waals surface area contributed by atoms with Crippen molar-refractivity contribution in [1.82, 2.24) is 0 Å². The molecule has 0 unspecified atom stereocenters. The van der Waals surface area contributed by atoms with E-state index in [-0.39, 0.29) is 22.1 Å². The molecule has 1 saturated carbocycles. The van der Waals surface area contributed by atoms with E-state index in [0.29, 0.717) is 6.04 Å². The molecule has 36 heavy (non-hydrogen) atoms. The number of ketones is 2. The standard InChI is InChI=1S/C31H27F2NO2/c1-31(2)23-10-6-7-11-27(23)34(19-8-4-3-5-9-19)28-13-12-18(15-24(28)31)14-22-29(35)20-16-25(32)26(33)17-21(20)30(22)36/h6-7,10-17,19H,3-5,8-9H2,1-2H3. The van der Waals surface area contributed by atoms with Gasteiger partial charge in [-0.2, -0.15) is 0 Å². The zero-order valence-corrected chi connectivity index (χ0v) is 20.4. The molecule has 2 aliphatic carbocycles. The number of rotatable bonds is 2. The molecule has 1 fully saturated rings. The molecule has 3 nitrogen and oxygen atoms in total. The lowest BCUT2D eigenvalue weighted by Crippen LogP contribution is -2.40. The second-order valence-corrected chi connectivity index (χ2v) is 10.6. The molecule has 3 aromatic rings. The summed E-state index contributed by atoms with van der Waals surface area (Å²) in [6, 6.07) is 16.7. The molecule has 0 amide bonds. The normalized spacial score (nSPS) is 18.7. The van der Waals surface area contributed by atoms with Crippen molar-refractivity contribution < 1.29 is 18.4 Å². The van der Waals surface area contributed by atoms with Gasteiger partial charge in [0.15, 0.2) is 23.2 Å². The Labute approximate surface area is 209 Å². The largest absolute Gasteiger partial charge is 0.338 e. The number of hydrogen-bond acceptors (Lipinski definition) is 3. The molecule has 0 radical (unpaired) electrons. The van der Waals surface area contributed by atoms with Gasteiger partial charge in [-0.25, -0.2) is 8.78 Å². The van der Waals surface area contributed by atoms with Crippen LogP contribution in [0.2, 0.25) is 0 Å². The fraction of sp³-hybridized carbons (Fsp3) is 0.290. The number of Topliss-reactive ketones (excluding diaryl/α,β-unsaturated/α-hetero) is 2. The van der Waals surface area contributed by atoms with Crippen LogP contribution in [0.1, 0.15) is 83.4 Å². The Hall–Kier alpha value is -3.60. The molecule has 6 rings (SSSR count). The summed E-state index contributed by atoms with van der Waals surface area (Å²) in [5, 5.41) is 0. The highest BCUT2D eigenvalue weighted by molar-refractivity contribution is 6.41. The average molecular weight is 484 g/mol. The molecule has 0 saturated heterocycles. The van der Waals surface area contributed by atoms with E-state index in [9.17, 15) is 18.4 Å². The summed E-state index contributed by atoms with van der Waals surface area (Å²) in [5.74, 6) is -3.40. The van der Waals surface area contributed by atoms with Gasteiger partial charge in [-0.1, -0.05) is 57.4 Å². The first-order valence-electron chi connectivity index (χ1n) is 12.6. The Morgan fingerprint density at radius 3 is 2.08 bits per heavy atom. The van der Waals surface area contributed by atoms with Crippen LogP contribution in [0.5, 0.6) is 0 Å². The summed E-state index contributed by atoms with van der Waals surface area (Å²) in [5.41, 5.74) is 4.99. The lowest BCUT2D eigenvalue weighted by Gasteiger charge is -2.46. The van der Waals surface area contributed by atoms with Crippen LogP contribution in [0.4, 0.5) is 20.2 Å². The van der Waals surface area contributed by atoms with Gasteiger partial charge in [-0.15, -0.1) is 0 Å². The summed E-state index contributed by atoms with van der Waals surface area (Å²) in [7, 11) is 0. The van der Waals surface area contributed by atoms with E-state index in [1.165, 1.54) is 30.5 Å². The highest BCUT2D eigenvalue weighted by atomic mass is 19.2. The summed E-state index contributed by atoms with van der Waals surface area (Å²) < 4.78 is 27.5. The first kappa shape index (κ1) is 22.8. The Morgan fingerprint density at radius 1 is 0.806 bits per heavy atom. The number of halogens is 2. The first-order chi connectivity index (χ1) is 17.3. The maximum absolute atomic E-state index is 13.8. The minimum absolute atomic E-state index is 0.0619. The predicted molar refractivity (Wildman–Crippen MR) is 137 cm³/mol. The third kappa shape index (κ3) is 3.36. The molecule has 1 aliphatic heterocycles. The third-order valence-electron chi connectivity index (χ3n) is 8.08. The number of fused-ring (bicyclic) bond motifs is 3. The Balaban J connectivity index is 1.46. The van der Waals surface area contributed by atoms with Crippen LogP contribution in [-0.2, 0) is 5.41 Å². The fourth-order valence-electron chi connectivity index (χ4n) is 6.19. The molecule has 0 bridgehead atoms. The zero-order chi connectivity index (χ0) is 25.2. The summed E-state index contributed by atoms with van der Waals surface area (Å²) in [6.07, 6.45) is 7.57. The maximum atomic E-state index is 13.8. The number of nitrogens with zero attached hydrogens (tertiary/aromatic N) is 1. The Bertz CT molecular complexity index is 1420. The molecule has 0 spiro atoms. The molecule has 0 N–H and O–H groups in total. The summed E-state index contributed by atoms with van der Waals surface area (Å²) in [6.45, 7) is 4.40. The number of hydrogen-bond donors (Lipinski definition) is 0. The number of carbonyl (C=O) groups excluding carboxylic acids is 2. The smallest absolute Gasteiger partial charge is 0.197 e. The molecule has 5 heteroatoms. The fourth-order valence-corrected chi connectivity index (χ4v) is 6.19. The maximum Gasteiger partial charge on any atom is 0.197 e. The van der Waals surface area contributed by atoms with Crippen molar-refractivity contribution in [2.24, 2.45) is 0 Å². The van der Waals surface area contributed by atoms with Crippen LogP contribution < -0.4 is 4.90 Å². The van der Waals surface area contributed by atoms with Gasteiger partial charge in [0.05, 0.1) is 5.57 Å². The number of carbonyl (C=O) groups is 2. The predicted octanol–water partition coefficient (Wildman–Crippen LogP) is 7.54. The average Bonchev–Trinajstić information content (AvgIpc) is 3.09. The van der Waals surface area contributed by atoms with Crippen LogP contribution >= 0.6 is 0 Å². The highest BCUT2D eigenvalue weighted by Crippen LogP contribution is 2.51. The zero-order valence-electron chi connectivity index (χ0n) is 20.4. The monoisotopic (exact) mass is 483 g/mol. The van der Waals surface area contributed by atoms with Crippen LogP contribution in [0.25, 0.3) is 6.08 Å². The van der Waals surface area contributed by atoms with Gasteiger partial charge in [0.1, 0.15) is 0 Å². The number of benzene rings is 3. The van der Waals surface area contributed by atoms with Crippen molar-refractivity contribution in [2.75, 3.05) is 4.90 Å². The van der Waals surface area contributed by atoms with Crippen molar-refractivity contribution >= 4 is 29.0 Å². The lowest BCUT2D eigenvalue weighted by molar-refractivity contribution is 0.0990. The molecular weight excluding hydrogens is 456 g/mol. The van der Waals surface area contributed by atoms with Crippen molar-refractivity contribution in [2.45, 2.75) is 57.4 Å². The quantitative estimate of drug-likeness (QED) is 0.279. The van der Waals surface area contributed by atoms with Gasteiger partial charge in [-0.3, -0.25) is 9.59 Å². The van der Waals surface area contributed by atoms with E-state index in [0.717, 1.165) is 41.8 Å². The highest BCUT2D eigenvalue weighted by Gasteiger charge is 2.39. The van der Waals surface area contributed by atoms with E-state index in [1.54, 1.807) is 6.08 Å². The molecule has 0 aromatic heterocycles. The first-order valence-corrected chi connectivity index (χ1v) is 12.6. The van der Waals surface area contributed by atoms with Crippen LogP contribution in [-0.4, -0.2) is 17.6 Å². The van der Waals surface area contributed by atoms with Gasteiger partial charge in [0.2, 0.25) is 0 Å². The topological polar surface area (TPSA) is 37.4 Å². The minimum Gasteiger partial charge on any atom is -0.338 e. The van der Waals surface area contributed by atoms with Gasteiger partial charge < -0.3 is 4.90 Å². The molecule has 3 aliphatic rings. The van der Waals surface area contributed by atoms with Crippen molar-refractivity contribution in [1.29, 1.82) is 0 Å². The Kier molecular flexibility index (Phi) is 5.22. The van der Waals surface area contributed by atoms with Crippen LogP contribution in [0.3, 0.4) is 0 Å². The van der Waals surface area contributed by atoms with Gasteiger partial charge in [-0.05, 0) is 65.9 Å². The van der Waals surface area contributed by atoms with Gasteiger partial charge in [0, 0.05) is 34.0 Å². The van der Waals surface area contributed by atoms with Crippen LogP contribution in [0, 0.1) is 11.6 Å². The number of para-hydroxylation sites is 1. The van der Waals surface area contributed by atoms with Crippen molar-refractivity contribution in [3.05, 3.63) is 99.6 Å². The number of allylic oxidation sites excluding steroid dienone is 1. The van der Waals surface area contributed by atoms with Crippen molar-refractivity contribution in [3.63, 3.8) is 0 Å². The van der Waals surface area contributed by atoms with E-state index in [1.807, 2.05) is 6.07 Å². The van der Waals surface area contributed by atoms with E-state index >= 15 is 0 Å². The molecule has 3 aromatic carbocycles. The lowest BCUT2D eigenvalue weighted by atomic mass is 9.72. The summed E-state index contributed by atoms with van der Waals surface area (Å²) in [4.78, 5) is 28.3. The van der Waals surface area contributed by atoms with E-state index in [2.05, 4.69) is 55.1 Å². The summed E-state index contributed by atoms with van der Waals surface area (Å²) >= 11 is 0. The van der Waals surface area contributed by atoms with Crippen LogP contribution in [0.15, 0.2) is 60.2 Å². The second kappa shape index (κ2) is 8.22. The van der Waals surface area contributed by atoms with Gasteiger partial charge >= 0.3 is 0 Å². The molecule has 182 valence electrons. The van der Waals surface area contributed by atoms with Crippen molar-refractivity contribution in [3.8, 4) is 0 Å². The third-order valence-corrected chi connectivity index (χ3v) is 8.08. The van der Waals surface area contributed by atoms with E-state index < -0.39 is 23.2 Å². The molecule has 0 atom stereocenters. The second-order valence-electron chi connectivity index (χ2n) is 10.6. The Morgan fingerprint density at radius 2 is 1.42 bits per heavy atom. The van der Waals surface area contributed by atoms with E-state index in [4.69, 9.17) is 0 Å². The SMILES string of the molecule is CC1(C)c2ccccc2N(C2CCCCC2)c2ccc(C=C3C(=O)c4cc(F)c(F)cc4C3=O)cc21. The number of anilines is 2. The molecule has 1 heterocycles. The minimum atomic E-state index is -1.13. The van der Waals surface area contributed by atoms with Gasteiger partial charge in [0.25, 0.3) is 0 Å². The molecular formula is C31H27F2NO2.